The van der Waals surface area contributed by atoms with Crippen LogP contribution in [-0.2, 0) is 44.7 Å². The first kappa shape index (κ1) is 27.7. The molecular formula is C24H24ClN5O9. The van der Waals surface area contributed by atoms with Gasteiger partial charge in [-0.3, -0.25) is 24.3 Å². The SMILES string of the molecule is CC(=O)OC[C@H]1O[C@@H](n2cnc3c(Cl)nc(NC(=O)OCc4ccccc4)nc32)[C@H](OC(C)=O)[C@@H]1OC(C)=O. The van der Waals surface area contributed by atoms with Gasteiger partial charge in [-0.25, -0.2) is 9.78 Å². The fraction of sp³-hybridized carbons (Fsp3) is 0.375. The van der Waals surface area contributed by atoms with E-state index >= 15 is 0 Å². The maximum absolute atomic E-state index is 12.4. The Morgan fingerprint density at radius 3 is 2.33 bits per heavy atom. The van der Waals surface area contributed by atoms with Crippen LogP contribution in [0.3, 0.4) is 0 Å². The molecule has 39 heavy (non-hydrogen) atoms. The molecule has 206 valence electrons. The third kappa shape index (κ3) is 6.78. The molecule has 4 atom stereocenters. The number of nitrogens with zero attached hydrogens (tertiary/aromatic N) is 4. The number of fused-ring (bicyclic) bond motifs is 1. The molecule has 1 aromatic carbocycles. The number of benzene rings is 1. The Kier molecular flexibility index (Phi) is 8.56. The first-order chi connectivity index (χ1) is 18.6. The number of carbonyl (C=O) groups is 4. The lowest BCUT2D eigenvalue weighted by Gasteiger charge is -2.23. The average molecular weight is 562 g/mol. The summed E-state index contributed by atoms with van der Waals surface area (Å²) in [7, 11) is 0. The van der Waals surface area contributed by atoms with Crippen molar-refractivity contribution in [1.82, 2.24) is 19.5 Å². The molecule has 0 spiro atoms. The normalized spacial score (nSPS) is 20.3. The highest BCUT2D eigenvalue weighted by Gasteiger charge is 2.51. The number of anilines is 1. The Balaban J connectivity index is 1.62. The summed E-state index contributed by atoms with van der Waals surface area (Å²) in [5.41, 5.74) is 1.03. The van der Waals surface area contributed by atoms with E-state index in [1.165, 1.54) is 31.7 Å². The molecule has 1 amide bonds. The number of hydrogen-bond donors (Lipinski definition) is 1. The highest BCUT2D eigenvalue weighted by Crippen LogP contribution is 2.36. The van der Waals surface area contributed by atoms with Crippen LogP contribution in [0.2, 0.25) is 5.15 Å². The molecule has 4 rings (SSSR count). The fourth-order valence-corrected chi connectivity index (χ4v) is 4.10. The maximum atomic E-state index is 12.4. The smallest absolute Gasteiger partial charge is 0.414 e. The van der Waals surface area contributed by atoms with Crippen molar-refractivity contribution in [1.29, 1.82) is 0 Å². The quantitative estimate of drug-likeness (QED) is 0.242. The van der Waals surface area contributed by atoms with Crippen LogP contribution in [0, 0.1) is 0 Å². The third-order valence-electron chi connectivity index (χ3n) is 5.42. The van der Waals surface area contributed by atoms with Crippen molar-refractivity contribution in [2.24, 2.45) is 0 Å². The lowest BCUT2D eigenvalue weighted by atomic mass is 10.1. The van der Waals surface area contributed by atoms with Gasteiger partial charge in [-0.05, 0) is 5.56 Å². The molecule has 1 saturated heterocycles. The topological polar surface area (TPSA) is 170 Å². The van der Waals surface area contributed by atoms with Crippen molar-refractivity contribution < 1.29 is 42.9 Å². The number of nitrogens with one attached hydrogen (secondary N) is 1. The van der Waals surface area contributed by atoms with Crippen LogP contribution in [0.15, 0.2) is 36.7 Å². The summed E-state index contributed by atoms with van der Waals surface area (Å²) in [6, 6.07) is 9.05. The van der Waals surface area contributed by atoms with E-state index in [1.54, 1.807) is 12.1 Å². The highest BCUT2D eigenvalue weighted by atomic mass is 35.5. The molecule has 0 aliphatic carbocycles. The summed E-state index contributed by atoms with van der Waals surface area (Å²) in [5.74, 6) is -2.13. The highest BCUT2D eigenvalue weighted by molar-refractivity contribution is 6.33. The van der Waals surface area contributed by atoms with Crippen LogP contribution in [0.4, 0.5) is 10.7 Å². The van der Waals surface area contributed by atoms with Gasteiger partial charge in [0.15, 0.2) is 29.2 Å². The van der Waals surface area contributed by atoms with Crippen LogP contribution in [0.5, 0.6) is 0 Å². The lowest BCUT2D eigenvalue weighted by molar-refractivity contribution is -0.166. The van der Waals surface area contributed by atoms with Gasteiger partial charge >= 0.3 is 24.0 Å². The summed E-state index contributed by atoms with van der Waals surface area (Å²) in [5, 5.41) is 2.32. The predicted octanol–water partition coefficient (Wildman–Crippen LogP) is 2.55. The predicted molar refractivity (Wildman–Crippen MR) is 132 cm³/mol. The molecule has 1 fully saturated rings. The van der Waals surface area contributed by atoms with Gasteiger partial charge in [-0.15, -0.1) is 0 Å². The number of carbonyl (C=O) groups excluding carboxylic acids is 4. The number of hydrogen-bond acceptors (Lipinski definition) is 12. The van der Waals surface area contributed by atoms with Gasteiger partial charge in [-0.2, -0.15) is 9.97 Å². The van der Waals surface area contributed by atoms with Gasteiger partial charge in [0.2, 0.25) is 5.95 Å². The molecule has 2 aromatic heterocycles. The van der Waals surface area contributed by atoms with Crippen molar-refractivity contribution >= 4 is 52.7 Å². The van der Waals surface area contributed by atoms with E-state index < -0.39 is 48.5 Å². The molecule has 14 nitrogen and oxygen atoms in total. The summed E-state index contributed by atoms with van der Waals surface area (Å²) in [6.07, 6.45) is -3.95. The van der Waals surface area contributed by atoms with Crippen molar-refractivity contribution in [3.8, 4) is 0 Å². The second-order valence-electron chi connectivity index (χ2n) is 8.36. The van der Waals surface area contributed by atoms with E-state index in [2.05, 4.69) is 20.3 Å². The standard InChI is InChI=1S/C24H24ClN5O9/c1-12(31)35-10-16-18(37-13(2)32)19(38-14(3)33)22(39-16)30-11-26-17-20(25)27-23(28-21(17)30)29-24(34)36-9-15-7-5-4-6-8-15/h4-8,11,16,18-19,22H,9-10H2,1-3H3,(H,27,28,29,34)/t16-,18-,19-,22-/m1/s1. The monoisotopic (exact) mass is 561 g/mol. The van der Waals surface area contributed by atoms with Crippen LogP contribution >= 0.6 is 11.6 Å². The number of aromatic nitrogens is 4. The summed E-state index contributed by atoms with van der Waals surface area (Å²) in [6.45, 7) is 3.29. The number of halogens is 1. The van der Waals surface area contributed by atoms with Crippen molar-refractivity contribution in [3.05, 3.63) is 47.4 Å². The van der Waals surface area contributed by atoms with E-state index in [0.29, 0.717) is 0 Å². The maximum Gasteiger partial charge on any atom is 0.414 e. The van der Waals surface area contributed by atoms with E-state index in [-0.39, 0.29) is 35.5 Å². The van der Waals surface area contributed by atoms with Gasteiger partial charge in [0.05, 0.1) is 6.33 Å². The molecule has 3 heterocycles. The van der Waals surface area contributed by atoms with Gasteiger partial charge in [0.1, 0.15) is 24.8 Å². The molecule has 0 unspecified atom stereocenters. The van der Waals surface area contributed by atoms with Crippen LogP contribution in [0.1, 0.15) is 32.6 Å². The van der Waals surface area contributed by atoms with Crippen molar-refractivity contribution in [2.75, 3.05) is 11.9 Å². The van der Waals surface area contributed by atoms with Gasteiger partial charge in [0.25, 0.3) is 0 Å². The lowest BCUT2D eigenvalue weighted by Crippen LogP contribution is -2.40. The number of imidazole rings is 1. The minimum Gasteiger partial charge on any atom is -0.463 e. The minimum absolute atomic E-state index is 0.0157. The summed E-state index contributed by atoms with van der Waals surface area (Å²) >= 11 is 6.30. The Hall–Kier alpha value is -4.30. The van der Waals surface area contributed by atoms with Crippen molar-refractivity contribution in [3.63, 3.8) is 0 Å². The molecule has 0 saturated carbocycles. The van der Waals surface area contributed by atoms with Gasteiger partial charge < -0.3 is 23.7 Å². The first-order valence-electron chi connectivity index (χ1n) is 11.6. The molecule has 1 aliphatic heterocycles. The van der Waals surface area contributed by atoms with E-state index in [9.17, 15) is 19.2 Å². The Morgan fingerprint density at radius 1 is 0.974 bits per heavy atom. The molecule has 1 N–H and O–H groups in total. The summed E-state index contributed by atoms with van der Waals surface area (Å²) in [4.78, 5) is 60.1. The zero-order valence-electron chi connectivity index (χ0n) is 21.0. The summed E-state index contributed by atoms with van der Waals surface area (Å²) < 4.78 is 28.5. The fourth-order valence-electron chi connectivity index (χ4n) is 3.89. The number of ether oxygens (including phenoxy) is 5. The number of amides is 1. The van der Waals surface area contributed by atoms with Crippen LogP contribution in [0.25, 0.3) is 11.2 Å². The molecule has 3 aromatic rings. The van der Waals surface area contributed by atoms with Crippen LogP contribution < -0.4 is 5.32 Å². The largest absolute Gasteiger partial charge is 0.463 e. The van der Waals surface area contributed by atoms with Crippen molar-refractivity contribution in [2.45, 2.75) is 51.9 Å². The van der Waals surface area contributed by atoms with Crippen LogP contribution in [-0.4, -0.2) is 68.4 Å². The second-order valence-corrected chi connectivity index (χ2v) is 8.72. The minimum atomic E-state index is -1.18. The Bertz CT molecular complexity index is 1380. The molecular weight excluding hydrogens is 538 g/mol. The number of rotatable bonds is 8. The molecule has 15 heteroatoms. The van der Waals surface area contributed by atoms with E-state index in [4.69, 9.17) is 35.3 Å². The first-order valence-corrected chi connectivity index (χ1v) is 12.0. The Morgan fingerprint density at radius 2 is 1.67 bits per heavy atom. The molecule has 1 aliphatic rings. The zero-order chi connectivity index (χ0) is 28.1. The Labute approximate surface area is 226 Å². The second kappa shape index (κ2) is 12.0. The van der Waals surface area contributed by atoms with E-state index in [1.807, 2.05) is 18.2 Å². The van der Waals surface area contributed by atoms with Gasteiger partial charge in [-0.1, -0.05) is 41.9 Å². The number of esters is 3. The molecule has 0 radical (unpaired) electrons. The molecule has 0 bridgehead atoms. The third-order valence-corrected chi connectivity index (χ3v) is 5.68. The van der Waals surface area contributed by atoms with Gasteiger partial charge in [0, 0.05) is 20.8 Å². The average Bonchev–Trinajstić information content (AvgIpc) is 3.43. The van der Waals surface area contributed by atoms with E-state index in [0.717, 1.165) is 5.56 Å². The zero-order valence-corrected chi connectivity index (χ0v) is 21.8.